The van der Waals surface area contributed by atoms with E-state index in [4.69, 9.17) is 11.6 Å². The van der Waals surface area contributed by atoms with E-state index < -0.39 is 5.82 Å². The van der Waals surface area contributed by atoms with Gasteiger partial charge in [-0.05, 0) is 30.3 Å². The van der Waals surface area contributed by atoms with Gasteiger partial charge >= 0.3 is 0 Å². The molecule has 8 heteroatoms. The summed E-state index contributed by atoms with van der Waals surface area (Å²) in [5, 5.41) is 2.64. The zero-order valence-corrected chi connectivity index (χ0v) is 15.0. The number of piperazine rings is 1. The molecule has 1 saturated heterocycles. The first-order valence-corrected chi connectivity index (χ1v) is 8.55. The lowest BCUT2D eigenvalue weighted by Gasteiger charge is -2.35. The van der Waals surface area contributed by atoms with Gasteiger partial charge in [0.2, 0.25) is 5.91 Å². The maximum absolute atomic E-state index is 13.2. The third kappa shape index (κ3) is 4.11. The molecule has 0 saturated carbocycles. The average molecular weight is 377 g/mol. The summed E-state index contributed by atoms with van der Waals surface area (Å²) in [5.41, 5.74) is 0.847. The maximum Gasteiger partial charge on any atom is 0.255 e. The van der Waals surface area contributed by atoms with Crippen LogP contribution in [0, 0.1) is 5.82 Å². The van der Waals surface area contributed by atoms with E-state index in [0.29, 0.717) is 43.2 Å². The minimum absolute atomic E-state index is 0.0541. The van der Waals surface area contributed by atoms with E-state index in [1.807, 2.05) is 4.90 Å². The molecule has 1 fully saturated rings. The second-order valence-electron chi connectivity index (χ2n) is 5.98. The van der Waals surface area contributed by atoms with Gasteiger partial charge in [-0.2, -0.15) is 0 Å². The summed E-state index contributed by atoms with van der Waals surface area (Å²) in [5.74, 6) is -0.138. The van der Waals surface area contributed by atoms with Gasteiger partial charge in [0.1, 0.15) is 11.6 Å². The maximum atomic E-state index is 13.2. The van der Waals surface area contributed by atoms with Crippen LogP contribution in [0.1, 0.15) is 17.3 Å². The van der Waals surface area contributed by atoms with Crippen LogP contribution in [0.4, 0.5) is 15.9 Å². The summed E-state index contributed by atoms with van der Waals surface area (Å²) < 4.78 is 13.2. The number of hydrogen-bond acceptors (Lipinski definition) is 4. The molecule has 2 amide bonds. The van der Waals surface area contributed by atoms with Gasteiger partial charge in [0.15, 0.2) is 0 Å². The van der Waals surface area contributed by atoms with E-state index >= 15 is 0 Å². The van der Waals surface area contributed by atoms with Crippen LogP contribution in [-0.2, 0) is 4.79 Å². The number of nitrogens with zero attached hydrogens (tertiary/aromatic N) is 3. The minimum Gasteiger partial charge on any atom is -0.353 e. The topological polar surface area (TPSA) is 65.5 Å². The largest absolute Gasteiger partial charge is 0.353 e. The minimum atomic E-state index is -0.541. The first-order chi connectivity index (χ1) is 12.4. The summed E-state index contributed by atoms with van der Waals surface area (Å²) in [6.07, 6.45) is 1.57. The highest BCUT2D eigenvalue weighted by Crippen LogP contribution is 2.21. The Labute approximate surface area is 155 Å². The quantitative estimate of drug-likeness (QED) is 0.894. The summed E-state index contributed by atoms with van der Waals surface area (Å²) in [7, 11) is 0. The molecule has 136 valence electrons. The second-order valence-corrected chi connectivity index (χ2v) is 6.39. The number of carbonyl (C=O) groups excluding carboxylic acids is 2. The molecule has 0 unspecified atom stereocenters. The van der Waals surface area contributed by atoms with Gasteiger partial charge in [0.05, 0.1) is 5.02 Å². The standard InChI is InChI=1S/C18H18ClFN4O2/c1-12(25)23-6-8-24(9-7-23)17-10-13(4-5-21-17)18(26)22-14-2-3-16(20)15(19)11-14/h2-5,10-11H,6-9H2,1H3,(H,22,26). The van der Waals surface area contributed by atoms with Gasteiger partial charge < -0.3 is 15.1 Å². The fourth-order valence-electron chi connectivity index (χ4n) is 2.76. The molecule has 1 aliphatic heterocycles. The van der Waals surface area contributed by atoms with Gasteiger partial charge in [-0.15, -0.1) is 0 Å². The van der Waals surface area contributed by atoms with Crippen molar-refractivity contribution in [1.29, 1.82) is 0 Å². The first-order valence-electron chi connectivity index (χ1n) is 8.17. The Morgan fingerprint density at radius 3 is 2.54 bits per heavy atom. The predicted octanol–water partition coefficient (Wildman–Crippen LogP) is 2.79. The third-order valence-electron chi connectivity index (χ3n) is 4.23. The molecule has 1 aromatic carbocycles. The number of aromatic nitrogens is 1. The number of rotatable bonds is 3. The summed E-state index contributed by atoms with van der Waals surface area (Å²) in [6, 6.07) is 7.31. The van der Waals surface area contributed by atoms with Gasteiger partial charge in [0.25, 0.3) is 5.91 Å². The van der Waals surface area contributed by atoms with Crippen molar-refractivity contribution in [3.63, 3.8) is 0 Å². The number of pyridine rings is 1. The zero-order chi connectivity index (χ0) is 18.7. The van der Waals surface area contributed by atoms with Crippen LogP contribution in [0.15, 0.2) is 36.5 Å². The Balaban J connectivity index is 1.69. The molecular weight excluding hydrogens is 359 g/mol. The van der Waals surface area contributed by atoms with Crippen molar-refractivity contribution in [3.8, 4) is 0 Å². The van der Waals surface area contributed by atoms with Crippen molar-refractivity contribution >= 4 is 34.9 Å². The van der Waals surface area contributed by atoms with Gasteiger partial charge in [-0.1, -0.05) is 11.6 Å². The molecule has 0 bridgehead atoms. The van der Waals surface area contributed by atoms with E-state index in [1.54, 1.807) is 30.2 Å². The SMILES string of the molecule is CC(=O)N1CCN(c2cc(C(=O)Nc3ccc(F)c(Cl)c3)ccn2)CC1. The van der Waals surface area contributed by atoms with Crippen LogP contribution < -0.4 is 10.2 Å². The first kappa shape index (κ1) is 18.1. The van der Waals surface area contributed by atoms with Crippen molar-refractivity contribution in [2.45, 2.75) is 6.92 Å². The summed E-state index contributed by atoms with van der Waals surface area (Å²) in [6.45, 7) is 4.13. The van der Waals surface area contributed by atoms with Crippen LogP contribution in [0.2, 0.25) is 5.02 Å². The van der Waals surface area contributed by atoms with E-state index in [1.165, 1.54) is 18.2 Å². The van der Waals surface area contributed by atoms with E-state index in [0.717, 1.165) is 0 Å². The molecule has 0 atom stereocenters. The zero-order valence-electron chi connectivity index (χ0n) is 14.2. The number of nitrogens with one attached hydrogen (secondary N) is 1. The summed E-state index contributed by atoms with van der Waals surface area (Å²) in [4.78, 5) is 32.0. The van der Waals surface area contributed by atoms with Crippen molar-refractivity contribution < 1.29 is 14.0 Å². The van der Waals surface area contributed by atoms with Gasteiger partial charge in [-0.3, -0.25) is 9.59 Å². The molecule has 6 nitrogen and oxygen atoms in total. The number of anilines is 2. The Morgan fingerprint density at radius 2 is 1.88 bits per heavy atom. The highest BCUT2D eigenvalue weighted by molar-refractivity contribution is 6.31. The summed E-state index contributed by atoms with van der Waals surface area (Å²) >= 11 is 5.73. The van der Waals surface area contributed by atoms with Crippen LogP contribution in [0.25, 0.3) is 0 Å². The number of amides is 2. The molecule has 1 N–H and O–H groups in total. The molecule has 1 aliphatic rings. The van der Waals surface area contributed by atoms with E-state index in [2.05, 4.69) is 10.3 Å². The molecule has 3 rings (SSSR count). The van der Waals surface area contributed by atoms with E-state index in [9.17, 15) is 14.0 Å². The fourth-order valence-corrected chi connectivity index (χ4v) is 2.94. The van der Waals surface area contributed by atoms with Crippen molar-refractivity contribution in [1.82, 2.24) is 9.88 Å². The predicted molar refractivity (Wildman–Crippen MR) is 98.1 cm³/mol. The van der Waals surface area contributed by atoms with Crippen LogP contribution in [-0.4, -0.2) is 47.9 Å². The van der Waals surface area contributed by atoms with Crippen molar-refractivity contribution in [2.24, 2.45) is 0 Å². The van der Waals surface area contributed by atoms with Crippen molar-refractivity contribution in [2.75, 3.05) is 36.4 Å². The van der Waals surface area contributed by atoms with E-state index in [-0.39, 0.29) is 16.8 Å². The number of benzene rings is 1. The molecule has 0 aliphatic carbocycles. The lowest BCUT2D eigenvalue weighted by atomic mass is 10.2. The van der Waals surface area contributed by atoms with Crippen molar-refractivity contribution in [3.05, 3.63) is 52.9 Å². The monoisotopic (exact) mass is 376 g/mol. The Morgan fingerprint density at radius 1 is 1.15 bits per heavy atom. The molecule has 0 spiro atoms. The van der Waals surface area contributed by atoms with Crippen LogP contribution in [0.5, 0.6) is 0 Å². The smallest absolute Gasteiger partial charge is 0.255 e. The second kappa shape index (κ2) is 7.70. The highest BCUT2D eigenvalue weighted by Gasteiger charge is 2.20. The number of hydrogen-bond donors (Lipinski definition) is 1. The normalized spacial score (nSPS) is 14.3. The average Bonchev–Trinajstić information content (AvgIpc) is 2.65. The Hall–Kier alpha value is -2.67. The van der Waals surface area contributed by atoms with Crippen LogP contribution in [0.3, 0.4) is 0 Å². The number of halogens is 2. The molecule has 1 aromatic heterocycles. The van der Waals surface area contributed by atoms with Crippen LogP contribution >= 0.6 is 11.6 Å². The molecule has 0 radical (unpaired) electrons. The Bertz CT molecular complexity index is 838. The third-order valence-corrected chi connectivity index (χ3v) is 4.52. The fraction of sp³-hybridized carbons (Fsp3) is 0.278. The number of carbonyl (C=O) groups is 2. The Kier molecular flexibility index (Phi) is 5.37. The highest BCUT2D eigenvalue weighted by atomic mass is 35.5. The lowest BCUT2D eigenvalue weighted by molar-refractivity contribution is -0.129. The molecular formula is C18H18ClFN4O2. The molecule has 2 aromatic rings. The molecule has 2 heterocycles. The lowest BCUT2D eigenvalue weighted by Crippen LogP contribution is -2.48. The van der Waals surface area contributed by atoms with Gasteiger partial charge in [-0.25, -0.2) is 9.37 Å². The van der Waals surface area contributed by atoms with Gasteiger partial charge in [0, 0.05) is 50.6 Å². The molecule has 26 heavy (non-hydrogen) atoms.